The third-order valence-electron chi connectivity index (χ3n) is 3.53. The fourth-order valence-corrected chi connectivity index (χ4v) is 2.17. The second kappa shape index (κ2) is 8.73. The van der Waals surface area contributed by atoms with E-state index in [1.165, 1.54) is 24.3 Å². The molecule has 0 radical (unpaired) electrons. The number of hydrogen-bond donors (Lipinski definition) is 2. The van der Waals surface area contributed by atoms with E-state index in [9.17, 15) is 9.59 Å². The van der Waals surface area contributed by atoms with Crippen LogP contribution in [0.5, 0.6) is 11.5 Å². The van der Waals surface area contributed by atoms with Gasteiger partial charge in [0.2, 0.25) is 6.29 Å². The number of carboxylic acid groups (broad SMARTS) is 2. The van der Waals surface area contributed by atoms with E-state index in [-0.39, 0.29) is 11.1 Å². The Labute approximate surface area is 145 Å². The lowest BCUT2D eigenvalue weighted by atomic mass is 10.2. The molecule has 6 nitrogen and oxygen atoms in total. The molecule has 0 heterocycles. The highest BCUT2D eigenvalue weighted by Gasteiger charge is 2.13. The van der Waals surface area contributed by atoms with E-state index >= 15 is 0 Å². The van der Waals surface area contributed by atoms with Crippen molar-refractivity contribution in [3.05, 3.63) is 59.7 Å². The Morgan fingerprint density at radius 2 is 1.24 bits per heavy atom. The molecule has 0 saturated carbocycles. The van der Waals surface area contributed by atoms with Crippen molar-refractivity contribution in [2.45, 2.75) is 32.5 Å². The molecule has 2 aromatic rings. The highest BCUT2D eigenvalue weighted by atomic mass is 16.7. The molecule has 0 unspecified atom stereocenters. The monoisotopic (exact) mass is 344 g/mol. The van der Waals surface area contributed by atoms with E-state index in [1.807, 2.05) is 0 Å². The second-order valence-corrected chi connectivity index (χ2v) is 5.47. The van der Waals surface area contributed by atoms with Gasteiger partial charge in [0, 0.05) is 6.42 Å². The number of aromatic carboxylic acids is 2. The minimum Gasteiger partial charge on any atom is -0.478 e. The van der Waals surface area contributed by atoms with Crippen LogP contribution in [0, 0.1) is 0 Å². The predicted molar refractivity (Wildman–Crippen MR) is 91.4 cm³/mol. The molecule has 0 aliphatic heterocycles. The van der Waals surface area contributed by atoms with Crippen molar-refractivity contribution in [3.8, 4) is 11.5 Å². The number of rotatable bonds is 9. The van der Waals surface area contributed by atoms with E-state index in [0.29, 0.717) is 17.9 Å². The van der Waals surface area contributed by atoms with Gasteiger partial charge in [0.25, 0.3) is 0 Å². The van der Waals surface area contributed by atoms with Gasteiger partial charge in [0.05, 0.1) is 11.1 Å². The molecule has 2 aromatic carbocycles. The Kier molecular flexibility index (Phi) is 6.39. The summed E-state index contributed by atoms with van der Waals surface area (Å²) in [5.41, 5.74) is 0.366. The van der Waals surface area contributed by atoms with Crippen molar-refractivity contribution in [3.63, 3.8) is 0 Å². The van der Waals surface area contributed by atoms with E-state index in [2.05, 4.69) is 6.92 Å². The first kappa shape index (κ1) is 18.3. The summed E-state index contributed by atoms with van der Waals surface area (Å²) in [5, 5.41) is 17.8. The lowest BCUT2D eigenvalue weighted by molar-refractivity contribution is -0.00212. The second-order valence-electron chi connectivity index (χ2n) is 5.47. The molecule has 0 aromatic heterocycles. The molecule has 2 rings (SSSR count). The summed E-state index contributed by atoms with van der Waals surface area (Å²) in [6.45, 7) is 2.06. The van der Waals surface area contributed by atoms with Crippen LogP contribution < -0.4 is 9.47 Å². The molecular weight excluding hydrogens is 324 g/mol. The number of carboxylic acids is 2. The SMILES string of the molecule is CCCCC(Oc1ccc(C(=O)O)cc1)Oc1ccc(C(=O)O)cc1. The van der Waals surface area contributed by atoms with Gasteiger partial charge in [-0.1, -0.05) is 13.3 Å². The Bertz CT molecular complexity index is 646. The summed E-state index contributed by atoms with van der Waals surface area (Å²) in [4.78, 5) is 21.8. The summed E-state index contributed by atoms with van der Waals surface area (Å²) < 4.78 is 11.6. The first-order valence-corrected chi connectivity index (χ1v) is 7.99. The van der Waals surface area contributed by atoms with Crippen LogP contribution in [0.1, 0.15) is 46.9 Å². The van der Waals surface area contributed by atoms with Crippen LogP contribution in [0.2, 0.25) is 0 Å². The maximum Gasteiger partial charge on any atom is 0.335 e. The summed E-state index contributed by atoms with van der Waals surface area (Å²) >= 11 is 0. The van der Waals surface area contributed by atoms with Gasteiger partial charge in [-0.2, -0.15) is 0 Å². The fourth-order valence-electron chi connectivity index (χ4n) is 2.17. The molecule has 0 saturated heterocycles. The number of ether oxygens (including phenoxy) is 2. The number of hydrogen-bond acceptors (Lipinski definition) is 4. The molecule has 0 amide bonds. The van der Waals surface area contributed by atoms with Crippen molar-refractivity contribution in [1.29, 1.82) is 0 Å². The fraction of sp³-hybridized carbons (Fsp3) is 0.263. The van der Waals surface area contributed by atoms with Gasteiger partial charge >= 0.3 is 11.9 Å². The Morgan fingerprint density at radius 3 is 1.56 bits per heavy atom. The quantitative estimate of drug-likeness (QED) is 0.666. The molecular formula is C19H20O6. The molecule has 0 atom stereocenters. The van der Waals surface area contributed by atoms with Crippen LogP contribution in [-0.2, 0) is 0 Å². The molecule has 132 valence electrons. The van der Waals surface area contributed by atoms with E-state index < -0.39 is 18.2 Å². The largest absolute Gasteiger partial charge is 0.478 e. The molecule has 25 heavy (non-hydrogen) atoms. The van der Waals surface area contributed by atoms with Gasteiger partial charge in [-0.25, -0.2) is 9.59 Å². The van der Waals surface area contributed by atoms with Crippen molar-refractivity contribution >= 4 is 11.9 Å². The van der Waals surface area contributed by atoms with Crippen LogP contribution >= 0.6 is 0 Å². The molecule has 0 aliphatic carbocycles. The first-order valence-electron chi connectivity index (χ1n) is 7.99. The molecule has 0 fully saturated rings. The molecule has 2 N–H and O–H groups in total. The van der Waals surface area contributed by atoms with Crippen LogP contribution in [0.15, 0.2) is 48.5 Å². The molecule has 0 aliphatic rings. The summed E-state index contributed by atoms with van der Waals surface area (Å²) in [5.74, 6) is -0.978. The van der Waals surface area contributed by atoms with E-state index in [0.717, 1.165) is 12.8 Å². The Hall–Kier alpha value is -3.02. The van der Waals surface area contributed by atoms with Crippen LogP contribution in [-0.4, -0.2) is 28.4 Å². The standard InChI is InChI=1S/C19H20O6/c1-2-3-4-17(24-15-9-5-13(6-10-15)18(20)21)25-16-11-7-14(8-12-16)19(22)23/h5-12,17H,2-4H2,1H3,(H,20,21)(H,22,23). The zero-order valence-corrected chi connectivity index (χ0v) is 13.8. The lowest BCUT2D eigenvalue weighted by Crippen LogP contribution is -2.24. The average molecular weight is 344 g/mol. The predicted octanol–water partition coefficient (Wildman–Crippen LogP) is 4.06. The van der Waals surface area contributed by atoms with Gasteiger partial charge in [-0.15, -0.1) is 0 Å². The van der Waals surface area contributed by atoms with Gasteiger partial charge in [-0.3, -0.25) is 0 Å². The Balaban J connectivity index is 2.06. The average Bonchev–Trinajstić information content (AvgIpc) is 2.60. The normalized spacial score (nSPS) is 10.5. The van der Waals surface area contributed by atoms with E-state index in [1.54, 1.807) is 24.3 Å². The topological polar surface area (TPSA) is 93.1 Å². The van der Waals surface area contributed by atoms with Gasteiger partial charge in [0.15, 0.2) is 0 Å². The number of benzene rings is 2. The first-order chi connectivity index (χ1) is 12.0. The van der Waals surface area contributed by atoms with Crippen molar-refractivity contribution in [2.75, 3.05) is 0 Å². The van der Waals surface area contributed by atoms with Crippen molar-refractivity contribution in [2.24, 2.45) is 0 Å². The third kappa shape index (κ3) is 5.53. The van der Waals surface area contributed by atoms with E-state index in [4.69, 9.17) is 19.7 Å². The van der Waals surface area contributed by atoms with Crippen molar-refractivity contribution < 1.29 is 29.3 Å². The summed E-state index contributed by atoms with van der Waals surface area (Å²) in [6, 6.07) is 12.2. The van der Waals surface area contributed by atoms with Gasteiger partial charge in [0.1, 0.15) is 11.5 Å². The highest BCUT2D eigenvalue weighted by Crippen LogP contribution is 2.20. The minimum absolute atomic E-state index is 0.183. The third-order valence-corrected chi connectivity index (χ3v) is 3.53. The maximum absolute atomic E-state index is 10.9. The van der Waals surface area contributed by atoms with Crippen LogP contribution in [0.25, 0.3) is 0 Å². The minimum atomic E-state index is -0.996. The molecule has 0 bridgehead atoms. The van der Waals surface area contributed by atoms with Gasteiger partial charge < -0.3 is 19.7 Å². The number of unbranched alkanes of at least 4 members (excludes halogenated alkanes) is 1. The summed E-state index contributed by atoms with van der Waals surface area (Å²) in [6.07, 6.45) is 1.97. The smallest absolute Gasteiger partial charge is 0.335 e. The summed E-state index contributed by atoms with van der Waals surface area (Å²) in [7, 11) is 0. The molecule has 6 heteroatoms. The van der Waals surface area contributed by atoms with Crippen LogP contribution in [0.4, 0.5) is 0 Å². The Morgan fingerprint density at radius 1 is 0.840 bits per heavy atom. The van der Waals surface area contributed by atoms with Crippen molar-refractivity contribution in [1.82, 2.24) is 0 Å². The lowest BCUT2D eigenvalue weighted by Gasteiger charge is -2.20. The van der Waals surface area contributed by atoms with Gasteiger partial charge in [-0.05, 0) is 55.0 Å². The highest BCUT2D eigenvalue weighted by molar-refractivity contribution is 5.88. The maximum atomic E-state index is 10.9. The molecule has 0 spiro atoms. The van der Waals surface area contributed by atoms with Crippen LogP contribution in [0.3, 0.4) is 0 Å². The number of carbonyl (C=O) groups is 2. The zero-order chi connectivity index (χ0) is 18.2. The zero-order valence-electron chi connectivity index (χ0n) is 13.8.